The number of nitrogen functional groups attached to an aromatic ring is 1. The molecule has 0 atom stereocenters. The van der Waals surface area contributed by atoms with Gasteiger partial charge in [-0.15, -0.1) is 0 Å². The molecule has 0 aliphatic heterocycles. The van der Waals surface area contributed by atoms with Gasteiger partial charge in [0.25, 0.3) is 5.69 Å². The van der Waals surface area contributed by atoms with Gasteiger partial charge in [-0.3, -0.25) is 15.1 Å². The van der Waals surface area contributed by atoms with E-state index in [4.69, 9.17) is 5.73 Å². The number of nitrogens with two attached hydrogens (primary N) is 1. The maximum absolute atomic E-state index is 10.8. The largest absolute Gasteiger partial charge is 0.383 e. The van der Waals surface area contributed by atoms with E-state index in [1.807, 2.05) is 24.1 Å². The molecule has 0 aliphatic rings. The monoisotopic (exact) mass is 273 g/mol. The number of rotatable bonds is 5. The highest BCUT2D eigenvalue weighted by Gasteiger charge is 2.12. The van der Waals surface area contributed by atoms with E-state index in [9.17, 15) is 10.1 Å². The summed E-state index contributed by atoms with van der Waals surface area (Å²) >= 11 is 0. The van der Waals surface area contributed by atoms with E-state index in [1.54, 1.807) is 12.4 Å². The third-order valence-corrected chi connectivity index (χ3v) is 2.90. The summed E-state index contributed by atoms with van der Waals surface area (Å²) in [4.78, 5) is 20.2. The van der Waals surface area contributed by atoms with Gasteiger partial charge in [-0.2, -0.15) is 0 Å². The molecular formula is C13H15N5O2. The molecular weight excluding hydrogens is 258 g/mol. The second-order valence-electron chi connectivity index (χ2n) is 4.39. The van der Waals surface area contributed by atoms with Crippen LogP contribution in [-0.2, 0) is 6.42 Å². The van der Waals surface area contributed by atoms with Crippen molar-refractivity contribution in [2.75, 3.05) is 24.2 Å². The van der Waals surface area contributed by atoms with Crippen LogP contribution in [0.15, 0.2) is 36.7 Å². The Kier molecular flexibility index (Phi) is 4.09. The number of hydrogen-bond acceptors (Lipinski definition) is 6. The van der Waals surface area contributed by atoms with Crippen LogP contribution in [0.4, 0.5) is 17.3 Å². The van der Waals surface area contributed by atoms with Crippen LogP contribution in [0.3, 0.4) is 0 Å². The smallest absolute Gasteiger partial charge is 0.276 e. The molecule has 2 aromatic rings. The summed E-state index contributed by atoms with van der Waals surface area (Å²) < 4.78 is 0. The van der Waals surface area contributed by atoms with Crippen molar-refractivity contribution in [3.8, 4) is 0 Å². The molecule has 0 aromatic carbocycles. The second-order valence-corrected chi connectivity index (χ2v) is 4.39. The summed E-state index contributed by atoms with van der Waals surface area (Å²) in [6.07, 6.45) is 4.27. The molecule has 0 bridgehead atoms. The number of likely N-dealkylation sites (N-methyl/N-ethyl adjacent to an activating group) is 1. The fourth-order valence-electron chi connectivity index (χ4n) is 1.78. The van der Waals surface area contributed by atoms with E-state index in [0.717, 1.165) is 12.0 Å². The van der Waals surface area contributed by atoms with Gasteiger partial charge in [0, 0.05) is 26.0 Å². The van der Waals surface area contributed by atoms with Gasteiger partial charge in [0.2, 0.25) is 0 Å². The van der Waals surface area contributed by atoms with Crippen LogP contribution >= 0.6 is 0 Å². The lowest BCUT2D eigenvalue weighted by Gasteiger charge is -2.18. The van der Waals surface area contributed by atoms with Crippen LogP contribution in [0.2, 0.25) is 0 Å². The fraction of sp³-hybridized carbons (Fsp3) is 0.231. The minimum atomic E-state index is -0.474. The van der Waals surface area contributed by atoms with Gasteiger partial charge in [0.1, 0.15) is 11.6 Å². The summed E-state index contributed by atoms with van der Waals surface area (Å²) in [6.45, 7) is 0.678. The SMILES string of the molecule is CN(CCc1ccncc1)c1cc([N+](=O)[O-])cc(N)n1. The molecule has 0 unspecified atom stereocenters. The van der Waals surface area contributed by atoms with Crippen LogP contribution in [0.5, 0.6) is 0 Å². The van der Waals surface area contributed by atoms with E-state index < -0.39 is 4.92 Å². The summed E-state index contributed by atoms with van der Waals surface area (Å²) in [5, 5.41) is 10.8. The first-order valence-corrected chi connectivity index (χ1v) is 6.08. The molecule has 0 radical (unpaired) electrons. The Hall–Kier alpha value is -2.70. The Labute approximate surface area is 116 Å². The molecule has 2 heterocycles. The molecule has 0 aliphatic carbocycles. The fourth-order valence-corrected chi connectivity index (χ4v) is 1.78. The van der Waals surface area contributed by atoms with Gasteiger partial charge in [-0.25, -0.2) is 4.98 Å². The van der Waals surface area contributed by atoms with Crippen LogP contribution in [-0.4, -0.2) is 28.5 Å². The van der Waals surface area contributed by atoms with Crippen molar-refractivity contribution in [2.45, 2.75) is 6.42 Å². The summed E-state index contributed by atoms with van der Waals surface area (Å²) in [7, 11) is 1.83. The summed E-state index contributed by atoms with van der Waals surface area (Å²) in [5.74, 6) is 0.635. The van der Waals surface area contributed by atoms with Crippen LogP contribution in [0.1, 0.15) is 5.56 Å². The first kappa shape index (κ1) is 13.7. The van der Waals surface area contributed by atoms with Crippen molar-refractivity contribution in [3.05, 3.63) is 52.3 Å². The van der Waals surface area contributed by atoms with Crippen molar-refractivity contribution in [1.82, 2.24) is 9.97 Å². The first-order valence-electron chi connectivity index (χ1n) is 6.08. The summed E-state index contributed by atoms with van der Waals surface area (Å²) in [6, 6.07) is 6.54. The van der Waals surface area contributed by atoms with Crippen molar-refractivity contribution in [1.29, 1.82) is 0 Å². The molecule has 2 aromatic heterocycles. The molecule has 0 saturated carbocycles. The normalized spacial score (nSPS) is 10.2. The Balaban J connectivity index is 2.09. The number of pyridine rings is 2. The molecule has 2 N–H and O–H groups in total. The Morgan fingerprint density at radius 2 is 2.05 bits per heavy atom. The van der Waals surface area contributed by atoms with Gasteiger partial charge in [0.15, 0.2) is 0 Å². The van der Waals surface area contributed by atoms with Crippen LogP contribution in [0.25, 0.3) is 0 Å². The lowest BCUT2D eigenvalue weighted by molar-refractivity contribution is -0.384. The van der Waals surface area contributed by atoms with Gasteiger partial charge < -0.3 is 10.6 Å². The van der Waals surface area contributed by atoms with Crippen molar-refractivity contribution >= 4 is 17.3 Å². The van der Waals surface area contributed by atoms with Gasteiger partial charge in [-0.1, -0.05) is 0 Å². The van der Waals surface area contributed by atoms with E-state index in [2.05, 4.69) is 9.97 Å². The number of hydrogen-bond donors (Lipinski definition) is 1. The van der Waals surface area contributed by atoms with Gasteiger partial charge in [-0.05, 0) is 24.1 Å². The standard InChI is InChI=1S/C13H15N5O2/c1-17(7-4-10-2-5-15-6-3-10)13-9-11(18(19)20)8-12(14)16-13/h2-3,5-6,8-9H,4,7H2,1H3,(H2,14,16). The Morgan fingerprint density at radius 3 is 2.70 bits per heavy atom. The third-order valence-electron chi connectivity index (χ3n) is 2.90. The minimum absolute atomic E-state index is 0.0525. The van der Waals surface area contributed by atoms with Gasteiger partial charge in [0.05, 0.1) is 17.1 Å². The molecule has 0 spiro atoms. The topological polar surface area (TPSA) is 98.2 Å². The number of aromatic nitrogens is 2. The van der Waals surface area contributed by atoms with E-state index >= 15 is 0 Å². The number of nitro groups is 1. The lowest BCUT2D eigenvalue weighted by atomic mass is 10.2. The third kappa shape index (κ3) is 3.41. The Bertz CT molecular complexity index is 603. The second kappa shape index (κ2) is 5.96. The van der Waals surface area contributed by atoms with Crippen molar-refractivity contribution < 1.29 is 4.92 Å². The highest BCUT2D eigenvalue weighted by atomic mass is 16.6. The molecule has 0 fully saturated rings. The zero-order valence-electron chi connectivity index (χ0n) is 11.1. The zero-order chi connectivity index (χ0) is 14.5. The predicted octanol–water partition coefficient (Wildman–Crippen LogP) is 1.65. The van der Waals surface area contributed by atoms with Crippen molar-refractivity contribution in [3.63, 3.8) is 0 Å². The van der Waals surface area contributed by atoms with E-state index in [-0.39, 0.29) is 11.5 Å². The number of nitrogens with zero attached hydrogens (tertiary/aromatic N) is 4. The molecule has 7 nitrogen and oxygen atoms in total. The molecule has 104 valence electrons. The first-order chi connectivity index (χ1) is 9.56. The van der Waals surface area contributed by atoms with Crippen molar-refractivity contribution in [2.24, 2.45) is 0 Å². The molecule has 2 rings (SSSR count). The van der Waals surface area contributed by atoms with Crippen LogP contribution in [0, 0.1) is 10.1 Å². The molecule has 20 heavy (non-hydrogen) atoms. The number of anilines is 2. The van der Waals surface area contributed by atoms with Crippen LogP contribution < -0.4 is 10.6 Å². The average Bonchev–Trinajstić information content (AvgIpc) is 2.45. The molecule has 0 saturated heterocycles. The average molecular weight is 273 g/mol. The molecule has 7 heteroatoms. The van der Waals surface area contributed by atoms with Gasteiger partial charge >= 0.3 is 0 Å². The minimum Gasteiger partial charge on any atom is -0.383 e. The zero-order valence-corrected chi connectivity index (χ0v) is 11.1. The van der Waals surface area contributed by atoms with E-state index in [0.29, 0.717) is 12.4 Å². The Morgan fingerprint density at radius 1 is 1.35 bits per heavy atom. The maximum atomic E-state index is 10.8. The van der Waals surface area contributed by atoms with E-state index in [1.165, 1.54) is 12.1 Å². The molecule has 0 amide bonds. The highest BCUT2D eigenvalue weighted by Crippen LogP contribution is 2.21. The summed E-state index contributed by atoms with van der Waals surface area (Å²) in [5.41, 5.74) is 6.68. The predicted molar refractivity (Wildman–Crippen MR) is 76.5 cm³/mol. The highest BCUT2D eigenvalue weighted by molar-refractivity contribution is 5.53. The maximum Gasteiger partial charge on any atom is 0.276 e. The lowest BCUT2D eigenvalue weighted by Crippen LogP contribution is -2.21. The quantitative estimate of drug-likeness (QED) is 0.657.